The van der Waals surface area contributed by atoms with Gasteiger partial charge in [0.1, 0.15) is 18.2 Å². The molecule has 6 nitrogen and oxygen atoms in total. The number of anilines is 1. The van der Waals surface area contributed by atoms with Crippen LogP contribution in [-0.2, 0) is 16.1 Å². The third kappa shape index (κ3) is 3.69. The normalized spacial score (nSPS) is 10.3. The zero-order valence-corrected chi connectivity index (χ0v) is 12.3. The first-order chi connectivity index (χ1) is 10.5. The molecule has 116 valence electrons. The quantitative estimate of drug-likeness (QED) is 0.859. The average Bonchev–Trinajstić information content (AvgIpc) is 2.79. The summed E-state index contributed by atoms with van der Waals surface area (Å²) in [5.74, 6) is -1.39. The molecule has 2 rings (SSSR count). The molecule has 0 fully saturated rings. The molecule has 0 unspecified atom stereocenters. The van der Waals surface area contributed by atoms with Crippen molar-refractivity contribution in [3.05, 3.63) is 47.4 Å². The largest absolute Gasteiger partial charge is 0.465 e. The number of benzene rings is 1. The molecule has 0 spiro atoms. The summed E-state index contributed by atoms with van der Waals surface area (Å²) in [7, 11) is 0. The van der Waals surface area contributed by atoms with E-state index in [4.69, 9.17) is 4.74 Å². The molecule has 0 atom stereocenters. The van der Waals surface area contributed by atoms with Gasteiger partial charge >= 0.3 is 5.97 Å². The Bertz CT molecular complexity index is 697. The number of carbonyl (C=O) groups excluding carboxylic acids is 2. The van der Waals surface area contributed by atoms with Gasteiger partial charge in [0.05, 0.1) is 17.9 Å². The van der Waals surface area contributed by atoms with Gasteiger partial charge in [-0.2, -0.15) is 5.10 Å². The molecule has 0 saturated carbocycles. The Morgan fingerprint density at radius 2 is 2.09 bits per heavy atom. The molecule has 22 heavy (non-hydrogen) atoms. The van der Waals surface area contributed by atoms with Gasteiger partial charge in [-0.25, -0.2) is 9.07 Å². The van der Waals surface area contributed by atoms with Crippen LogP contribution < -0.4 is 5.32 Å². The van der Waals surface area contributed by atoms with Crippen LogP contribution in [0.5, 0.6) is 0 Å². The first-order valence-corrected chi connectivity index (χ1v) is 6.77. The third-order valence-electron chi connectivity index (χ3n) is 2.85. The van der Waals surface area contributed by atoms with Gasteiger partial charge in [0.25, 0.3) is 5.91 Å². The molecule has 1 aromatic carbocycles. The van der Waals surface area contributed by atoms with Crippen LogP contribution in [-0.4, -0.2) is 28.3 Å². The SMILES string of the molecule is CCOC(=O)Cn1nc(C)cc1NC(=O)c1ccccc1F. The van der Waals surface area contributed by atoms with E-state index in [1.807, 2.05) is 0 Å². The number of amides is 1. The summed E-state index contributed by atoms with van der Waals surface area (Å²) in [5, 5.41) is 6.66. The Balaban J connectivity index is 2.17. The Kier molecular flexibility index (Phi) is 4.88. The van der Waals surface area contributed by atoms with Gasteiger partial charge < -0.3 is 10.1 Å². The van der Waals surface area contributed by atoms with E-state index < -0.39 is 17.7 Å². The highest BCUT2D eigenvalue weighted by Gasteiger charge is 2.16. The molecule has 2 aromatic rings. The molecule has 1 N–H and O–H groups in total. The Morgan fingerprint density at radius 3 is 2.77 bits per heavy atom. The number of halogens is 1. The predicted octanol–water partition coefficient (Wildman–Crippen LogP) is 2.15. The summed E-state index contributed by atoms with van der Waals surface area (Å²) in [4.78, 5) is 23.6. The molecule has 1 aromatic heterocycles. The second kappa shape index (κ2) is 6.84. The highest BCUT2D eigenvalue weighted by molar-refractivity contribution is 6.04. The zero-order chi connectivity index (χ0) is 16.1. The van der Waals surface area contributed by atoms with Crippen LogP contribution in [0.4, 0.5) is 10.2 Å². The topological polar surface area (TPSA) is 73.2 Å². The molecule has 0 radical (unpaired) electrons. The van der Waals surface area contributed by atoms with Crippen LogP contribution >= 0.6 is 0 Å². The summed E-state index contributed by atoms with van der Waals surface area (Å²) >= 11 is 0. The van der Waals surface area contributed by atoms with Gasteiger partial charge in [-0.3, -0.25) is 9.59 Å². The van der Waals surface area contributed by atoms with Gasteiger partial charge in [-0.05, 0) is 26.0 Å². The highest BCUT2D eigenvalue weighted by atomic mass is 19.1. The van der Waals surface area contributed by atoms with E-state index in [0.717, 1.165) is 0 Å². The fraction of sp³-hybridized carbons (Fsp3) is 0.267. The van der Waals surface area contributed by atoms with Crippen LogP contribution in [0.25, 0.3) is 0 Å². The van der Waals surface area contributed by atoms with E-state index in [0.29, 0.717) is 11.5 Å². The van der Waals surface area contributed by atoms with Gasteiger partial charge in [-0.15, -0.1) is 0 Å². The van der Waals surface area contributed by atoms with E-state index in [1.165, 1.54) is 22.9 Å². The van der Waals surface area contributed by atoms with Crippen molar-refractivity contribution in [1.29, 1.82) is 0 Å². The van der Waals surface area contributed by atoms with Crippen molar-refractivity contribution in [2.45, 2.75) is 20.4 Å². The maximum absolute atomic E-state index is 13.6. The molecule has 1 amide bonds. The highest BCUT2D eigenvalue weighted by Crippen LogP contribution is 2.14. The maximum Gasteiger partial charge on any atom is 0.327 e. The zero-order valence-electron chi connectivity index (χ0n) is 12.3. The van der Waals surface area contributed by atoms with Crippen molar-refractivity contribution in [2.24, 2.45) is 0 Å². The average molecular weight is 305 g/mol. The standard InChI is InChI=1S/C15H16FN3O3/c1-3-22-14(20)9-19-13(8-10(2)18-19)17-15(21)11-6-4-5-7-12(11)16/h4-8H,3,9H2,1-2H3,(H,17,21). The fourth-order valence-corrected chi connectivity index (χ4v) is 1.92. The van der Waals surface area contributed by atoms with E-state index in [-0.39, 0.29) is 18.7 Å². The van der Waals surface area contributed by atoms with E-state index in [2.05, 4.69) is 10.4 Å². The molecule has 7 heteroatoms. The van der Waals surface area contributed by atoms with Gasteiger partial charge in [0.2, 0.25) is 0 Å². The number of nitrogens with zero attached hydrogens (tertiary/aromatic N) is 2. The first kappa shape index (κ1) is 15.7. The predicted molar refractivity (Wildman–Crippen MR) is 78.0 cm³/mol. The molecule has 0 aliphatic rings. The monoisotopic (exact) mass is 305 g/mol. The summed E-state index contributed by atoms with van der Waals surface area (Å²) in [6, 6.07) is 7.25. The minimum Gasteiger partial charge on any atom is -0.465 e. The first-order valence-electron chi connectivity index (χ1n) is 6.77. The summed E-state index contributed by atoms with van der Waals surface area (Å²) in [6.07, 6.45) is 0. The Morgan fingerprint density at radius 1 is 1.36 bits per heavy atom. The number of nitrogens with one attached hydrogen (secondary N) is 1. The number of aromatic nitrogens is 2. The summed E-state index contributed by atoms with van der Waals surface area (Å²) in [5.41, 5.74) is 0.539. The summed E-state index contributed by atoms with van der Waals surface area (Å²) in [6.45, 7) is 3.55. The van der Waals surface area contributed by atoms with Gasteiger partial charge in [0.15, 0.2) is 0 Å². The Hall–Kier alpha value is -2.70. The van der Waals surface area contributed by atoms with Crippen LogP contribution in [0.15, 0.2) is 30.3 Å². The van der Waals surface area contributed by atoms with Gasteiger partial charge in [-0.1, -0.05) is 12.1 Å². The molecule has 0 aliphatic carbocycles. The van der Waals surface area contributed by atoms with Crippen LogP contribution in [0, 0.1) is 12.7 Å². The van der Waals surface area contributed by atoms with Crippen LogP contribution in [0.2, 0.25) is 0 Å². The summed E-state index contributed by atoms with van der Waals surface area (Å²) < 4.78 is 19.8. The number of hydrogen-bond donors (Lipinski definition) is 1. The lowest BCUT2D eigenvalue weighted by Gasteiger charge is -2.09. The molecular formula is C15H16FN3O3. The smallest absolute Gasteiger partial charge is 0.327 e. The van der Waals surface area contributed by atoms with Crippen molar-refractivity contribution in [1.82, 2.24) is 9.78 Å². The number of esters is 1. The van der Waals surface area contributed by atoms with Crippen molar-refractivity contribution in [2.75, 3.05) is 11.9 Å². The number of aryl methyl sites for hydroxylation is 1. The van der Waals surface area contributed by atoms with E-state index in [9.17, 15) is 14.0 Å². The second-order valence-corrected chi connectivity index (χ2v) is 4.57. The van der Waals surface area contributed by atoms with Crippen LogP contribution in [0.1, 0.15) is 23.0 Å². The fourth-order valence-electron chi connectivity index (χ4n) is 1.92. The van der Waals surface area contributed by atoms with E-state index >= 15 is 0 Å². The molecule has 0 aliphatic heterocycles. The lowest BCUT2D eigenvalue weighted by Crippen LogP contribution is -2.20. The minimum absolute atomic E-state index is 0.0796. The molecule has 1 heterocycles. The Labute approximate surface area is 126 Å². The van der Waals surface area contributed by atoms with Crippen molar-refractivity contribution < 1.29 is 18.7 Å². The number of carbonyl (C=O) groups is 2. The second-order valence-electron chi connectivity index (χ2n) is 4.57. The van der Waals surface area contributed by atoms with E-state index in [1.54, 1.807) is 26.0 Å². The lowest BCUT2D eigenvalue weighted by atomic mass is 10.2. The number of rotatable bonds is 5. The van der Waals surface area contributed by atoms with Crippen molar-refractivity contribution in [3.8, 4) is 0 Å². The maximum atomic E-state index is 13.6. The van der Waals surface area contributed by atoms with Gasteiger partial charge in [0, 0.05) is 6.07 Å². The molecular weight excluding hydrogens is 289 g/mol. The minimum atomic E-state index is -0.617. The third-order valence-corrected chi connectivity index (χ3v) is 2.85. The lowest BCUT2D eigenvalue weighted by molar-refractivity contribution is -0.144. The number of ether oxygens (including phenoxy) is 1. The van der Waals surface area contributed by atoms with Crippen molar-refractivity contribution in [3.63, 3.8) is 0 Å². The molecule has 0 saturated heterocycles. The van der Waals surface area contributed by atoms with Crippen LogP contribution in [0.3, 0.4) is 0 Å². The van der Waals surface area contributed by atoms with Crippen molar-refractivity contribution >= 4 is 17.7 Å². The molecule has 0 bridgehead atoms. The number of hydrogen-bond acceptors (Lipinski definition) is 4.